The summed E-state index contributed by atoms with van der Waals surface area (Å²) in [6, 6.07) is 15.3. The number of ether oxygens (including phenoxy) is 1. The van der Waals surface area contributed by atoms with E-state index in [1.807, 2.05) is 36.4 Å². The number of aromatic nitrogens is 2. The normalized spacial score (nSPS) is 14.1. The molecule has 0 saturated carbocycles. The summed E-state index contributed by atoms with van der Waals surface area (Å²) >= 11 is 0. The van der Waals surface area contributed by atoms with E-state index in [1.165, 1.54) is 23.5 Å². The van der Waals surface area contributed by atoms with Crippen molar-refractivity contribution in [1.82, 2.24) is 14.3 Å². The average Bonchev–Trinajstić information content (AvgIpc) is 2.83. The predicted octanol–water partition coefficient (Wildman–Crippen LogP) is 4.27. The number of anilines is 2. The highest BCUT2D eigenvalue weighted by atomic mass is 32.2. The van der Waals surface area contributed by atoms with Crippen LogP contribution >= 0.6 is 0 Å². The number of halogens is 1. The Labute approximate surface area is 190 Å². The summed E-state index contributed by atoms with van der Waals surface area (Å²) in [5.41, 5.74) is 3.52. The fourth-order valence-corrected chi connectivity index (χ4v) is 5.44. The standard InChI is InChI=1S/C24H21FN4O3S/c1-32-23-7-6-19(13-21(23)25)33(30,31)29-11-9-20-17(15-29)8-10-26-24(20)28-18-12-16-4-2-3-5-22(16)27-14-18/h2-8,10,12-14H,9,11,15H2,1H3,(H,26,28). The van der Waals surface area contributed by atoms with Crippen molar-refractivity contribution in [3.63, 3.8) is 0 Å². The molecule has 0 radical (unpaired) electrons. The van der Waals surface area contributed by atoms with Crippen LogP contribution < -0.4 is 10.1 Å². The van der Waals surface area contributed by atoms with Gasteiger partial charge in [-0.05, 0) is 48.4 Å². The first-order valence-corrected chi connectivity index (χ1v) is 11.8. The lowest BCUT2D eigenvalue weighted by atomic mass is 10.0. The first kappa shape index (κ1) is 21.3. The first-order chi connectivity index (χ1) is 16.0. The number of methoxy groups -OCH3 is 1. The molecule has 0 bridgehead atoms. The summed E-state index contributed by atoms with van der Waals surface area (Å²) in [4.78, 5) is 8.84. The maximum Gasteiger partial charge on any atom is 0.243 e. The molecule has 9 heteroatoms. The van der Waals surface area contributed by atoms with E-state index in [9.17, 15) is 12.8 Å². The van der Waals surface area contributed by atoms with Gasteiger partial charge in [0.25, 0.3) is 0 Å². The van der Waals surface area contributed by atoms with Crippen molar-refractivity contribution < 1.29 is 17.5 Å². The van der Waals surface area contributed by atoms with E-state index in [0.29, 0.717) is 12.2 Å². The molecule has 33 heavy (non-hydrogen) atoms. The molecule has 0 saturated heterocycles. The number of hydrogen-bond donors (Lipinski definition) is 1. The van der Waals surface area contributed by atoms with Gasteiger partial charge in [-0.3, -0.25) is 4.98 Å². The molecule has 5 rings (SSSR count). The fraction of sp³-hybridized carbons (Fsp3) is 0.167. The largest absolute Gasteiger partial charge is 0.494 e. The molecule has 3 heterocycles. The molecule has 2 aromatic heterocycles. The van der Waals surface area contributed by atoms with E-state index >= 15 is 0 Å². The smallest absolute Gasteiger partial charge is 0.243 e. The molecule has 168 valence electrons. The van der Waals surface area contributed by atoms with E-state index < -0.39 is 15.8 Å². The third-order valence-electron chi connectivity index (χ3n) is 5.72. The maximum atomic E-state index is 14.1. The second-order valence-corrected chi connectivity index (χ2v) is 9.66. The van der Waals surface area contributed by atoms with Gasteiger partial charge in [0, 0.05) is 30.2 Å². The van der Waals surface area contributed by atoms with Crippen LogP contribution in [0.2, 0.25) is 0 Å². The van der Waals surface area contributed by atoms with Crippen LogP contribution in [0.25, 0.3) is 10.9 Å². The molecule has 1 aliphatic heterocycles. The zero-order valence-corrected chi connectivity index (χ0v) is 18.6. The summed E-state index contributed by atoms with van der Waals surface area (Å²) in [5, 5.41) is 4.33. The van der Waals surface area contributed by atoms with Crippen LogP contribution in [0.3, 0.4) is 0 Å². The zero-order chi connectivity index (χ0) is 23.0. The van der Waals surface area contributed by atoms with Crippen LogP contribution in [0.5, 0.6) is 5.75 Å². The maximum absolute atomic E-state index is 14.1. The van der Waals surface area contributed by atoms with Gasteiger partial charge >= 0.3 is 0 Å². The molecule has 1 aliphatic rings. The minimum absolute atomic E-state index is 0.00270. The third-order valence-corrected chi connectivity index (χ3v) is 7.57. The lowest BCUT2D eigenvalue weighted by Gasteiger charge is -2.29. The van der Waals surface area contributed by atoms with Crippen molar-refractivity contribution in [3.8, 4) is 5.75 Å². The van der Waals surface area contributed by atoms with E-state index in [-0.39, 0.29) is 23.7 Å². The quantitative estimate of drug-likeness (QED) is 0.475. The van der Waals surface area contributed by atoms with Crippen LogP contribution in [0.15, 0.2) is 71.9 Å². The van der Waals surface area contributed by atoms with Crippen molar-refractivity contribution in [2.24, 2.45) is 0 Å². The minimum atomic E-state index is -3.86. The molecule has 0 aliphatic carbocycles. The number of pyridine rings is 2. The summed E-state index contributed by atoms with van der Waals surface area (Å²) in [6.45, 7) is 0.442. The van der Waals surface area contributed by atoms with Crippen molar-refractivity contribution in [2.75, 3.05) is 19.0 Å². The fourth-order valence-electron chi connectivity index (χ4n) is 4.01. The van der Waals surface area contributed by atoms with Gasteiger partial charge in [-0.2, -0.15) is 4.31 Å². The van der Waals surface area contributed by atoms with Crippen LogP contribution in [-0.4, -0.2) is 36.3 Å². The van der Waals surface area contributed by atoms with Crippen LogP contribution in [0.4, 0.5) is 15.9 Å². The number of benzene rings is 2. The highest BCUT2D eigenvalue weighted by Gasteiger charge is 2.30. The molecule has 2 aromatic carbocycles. The second kappa shape index (κ2) is 8.42. The number of para-hydroxylation sites is 1. The Morgan fingerprint density at radius 1 is 1.09 bits per heavy atom. The van der Waals surface area contributed by atoms with Gasteiger partial charge in [0.15, 0.2) is 11.6 Å². The number of nitrogens with one attached hydrogen (secondary N) is 1. The molecular formula is C24H21FN4O3S. The van der Waals surface area contributed by atoms with E-state index in [4.69, 9.17) is 4.74 Å². The SMILES string of the molecule is COc1ccc(S(=O)(=O)N2CCc3c(ccnc3Nc3cnc4ccccc4c3)C2)cc1F. The molecule has 0 atom stereocenters. The Hall–Kier alpha value is -3.56. The Morgan fingerprint density at radius 2 is 1.94 bits per heavy atom. The molecule has 7 nitrogen and oxygen atoms in total. The lowest BCUT2D eigenvalue weighted by molar-refractivity contribution is 0.382. The number of nitrogens with zero attached hydrogens (tertiary/aromatic N) is 3. The van der Waals surface area contributed by atoms with Crippen molar-refractivity contribution in [1.29, 1.82) is 0 Å². The molecule has 1 N–H and O–H groups in total. The second-order valence-electron chi connectivity index (χ2n) is 7.72. The minimum Gasteiger partial charge on any atom is -0.494 e. The Morgan fingerprint density at radius 3 is 2.76 bits per heavy atom. The van der Waals surface area contributed by atoms with Crippen LogP contribution in [-0.2, 0) is 23.0 Å². The van der Waals surface area contributed by atoms with E-state index in [1.54, 1.807) is 12.4 Å². The number of rotatable bonds is 5. The molecule has 0 amide bonds. The van der Waals surface area contributed by atoms with Gasteiger partial charge < -0.3 is 10.1 Å². The summed E-state index contributed by atoms with van der Waals surface area (Å²) in [5.74, 6) is -0.0318. The monoisotopic (exact) mass is 464 g/mol. The van der Waals surface area contributed by atoms with Crippen molar-refractivity contribution in [2.45, 2.75) is 17.9 Å². The molecule has 0 spiro atoms. The van der Waals surface area contributed by atoms with Crippen LogP contribution in [0, 0.1) is 5.82 Å². The third kappa shape index (κ3) is 4.01. The van der Waals surface area contributed by atoms with Gasteiger partial charge in [-0.1, -0.05) is 18.2 Å². The number of sulfonamides is 1. The number of fused-ring (bicyclic) bond motifs is 2. The van der Waals surface area contributed by atoms with E-state index in [0.717, 1.165) is 33.8 Å². The van der Waals surface area contributed by atoms with Crippen LogP contribution in [0.1, 0.15) is 11.1 Å². The van der Waals surface area contributed by atoms with Gasteiger partial charge in [-0.15, -0.1) is 0 Å². The topological polar surface area (TPSA) is 84.4 Å². The Balaban J connectivity index is 1.41. The summed E-state index contributed by atoms with van der Waals surface area (Å²) in [6.07, 6.45) is 3.88. The Bertz CT molecular complexity index is 1460. The zero-order valence-electron chi connectivity index (χ0n) is 17.8. The van der Waals surface area contributed by atoms with Gasteiger partial charge in [0.05, 0.1) is 29.4 Å². The predicted molar refractivity (Wildman–Crippen MR) is 124 cm³/mol. The van der Waals surface area contributed by atoms with Gasteiger partial charge in [-0.25, -0.2) is 17.8 Å². The van der Waals surface area contributed by atoms with Gasteiger partial charge in [0.1, 0.15) is 5.82 Å². The van der Waals surface area contributed by atoms with Crippen molar-refractivity contribution in [3.05, 3.63) is 83.9 Å². The highest BCUT2D eigenvalue weighted by molar-refractivity contribution is 7.89. The summed E-state index contributed by atoms with van der Waals surface area (Å²) < 4.78 is 46.6. The van der Waals surface area contributed by atoms with Gasteiger partial charge in [0.2, 0.25) is 10.0 Å². The average molecular weight is 465 g/mol. The highest BCUT2D eigenvalue weighted by Crippen LogP contribution is 2.31. The lowest BCUT2D eigenvalue weighted by Crippen LogP contribution is -2.36. The number of hydrogen-bond acceptors (Lipinski definition) is 6. The summed E-state index contributed by atoms with van der Waals surface area (Å²) in [7, 11) is -2.53. The molecular weight excluding hydrogens is 443 g/mol. The van der Waals surface area contributed by atoms with E-state index in [2.05, 4.69) is 15.3 Å². The van der Waals surface area contributed by atoms with Crippen molar-refractivity contribution >= 4 is 32.4 Å². The molecule has 4 aromatic rings. The molecule has 0 fully saturated rings. The Kier molecular flexibility index (Phi) is 5.43. The first-order valence-electron chi connectivity index (χ1n) is 10.4. The molecule has 0 unspecified atom stereocenters.